The van der Waals surface area contributed by atoms with Crippen LogP contribution in [0.3, 0.4) is 0 Å². The Morgan fingerprint density at radius 3 is 2.21 bits per heavy atom. The highest BCUT2D eigenvalue weighted by molar-refractivity contribution is 5.23. The zero-order valence-corrected chi connectivity index (χ0v) is 21.2. The highest BCUT2D eigenvalue weighted by Gasteiger charge is 2.74. The summed E-state index contributed by atoms with van der Waals surface area (Å²) in [5, 5.41) is 67.0. The predicted octanol–water partition coefficient (Wildman–Crippen LogP) is 2.61. The molecular weight excluding hydrogens is 420 g/mol. The van der Waals surface area contributed by atoms with Gasteiger partial charge in [0, 0.05) is 24.2 Å². The Kier molecular flexibility index (Phi) is 6.59. The Morgan fingerprint density at radius 2 is 1.58 bits per heavy atom. The van der Waals surface area contributed by atoms with Gasteiger partial charge in [-0.1, -0.05) is 34.6 Å². The molecule has 0 aromatic heterocycles. The molecule has 6 nitrogen and oxygen atoms in total. The molecule has 0 saturated heterocycles. The van der Waals surface area contributed by atoms with Gasteiger partial charge in [0.2, 0.25) is 0 Å². The average Bonchev–Trinajstić information content (AvgIpc) is 2.99. The van der Waals surface area contributed by atoms with Gasteiger partial charge in [-0.15, -0.1) is 0 Å². The first-order valence-corrected chi connectivity index (χ1v) is 13.4. The third kappa shape index (κ3) is 3.65. The Bertz CT molecular complexity index is 729. The van der Waals surface area contributed by atoms with Crippen LogP contribution >= 0.6 is 0 Å². The molecule has 6 heteroatoms. The van der Waals surface area contributed by atoms with Crippen molar-refractivity contribution in [2.24, 2.45) is 40.4 Å². The van der Waals surface area contributed by atoms with Crippen molar-refractivity contribution in [2.75, 3.05) is 0 Å². The lowest BCUT2D eigenvalue weighted by atomic mass is 9.40. The molecule has 4 aliphatic carbocycles. The summed E-state index contributed by atoms with van der Waals surface area (Å²) in [5.74, 6) is 0.197. The fourth-order valence-corrected chi connectivity index (χ4v) is 9.34. The normalized spacial score (nSPS) is 53.8. The molecule has 0 bridgehead atoms. The molecule has 12 atom stereocenters. The van der Waals surface area contributed by atoms with Crippen molar-refractivity contribution in [1.29, 1.82) is 0 Å². The molecule has 4 fully saturated rings. The van der Waals surface area contributed by atoms with Crippen LogP contribution in [0.5, 0.6) is 0 Å². The van der Waals surface area contributed by atoms with Gasteiger partial charge < -0.3 is 30.6 Å². The Hall–Kier alpha value is -0.240. The van der Waals surface area contributed by atoms with E-state index in [4.69, 9.17) is 0 Å². The molecule has 0 unspecified atom stereocenters. The summed E-state index contributed by atoms with van der Waals surface area (Å²) >= 11 is 0. The van der Waals surface area contributed by atoms with Gasteiger partial charge in [-0.2, -0.15) is 0 Å². The molecule has 0 aromatic rings. The molecule has 0 radical (unpaired) electrons. The van der Waals surface area contributed by atoms with Crippen LogP contribution in [-0.2, 0) is 0 Å². The van der Waals surface area contributed by atoms with E-state index < -0.39 is 34.9 Å². The summed E-state index contributed by atoms with van der Waals surface area (Å²) in [4.78, 5) is 0. The van der Waals surface area contributed by atoms with Crippen LogP contribution in [0, 0.1) is 40.4 Å². The number of hydrogen-bond acceptors (Lipinski definition) is 6. The van der Waals surface area contributed by atoms with Gasteiger partial charge in [0.1, 0.15) is 0 Å². The Morgan fingerprint density at radius 1 is 0.909 bits per heavy atom. The van der Waals surface area contributed by atoms with Crippen molar-refractivity contribution >= 4 is 0 Å². The minimum absolute atomic E-state index is 0.0426. The van der Waals surface area contributed by atoms with Crippen molar-refractivity contribution in [3.8, 4) is 0 Å². The summed E-state index contributed by atoms with van der Waals surface area (Å²) in [6.07, 6.45) is 2.42. The SMILES string of the molecule is CC(C)[C@@H](O)CC[C@@H](C)[C@H]1C[C@H](O)[C@H]2[C@]1(C)CC[C@@H]1[C@@]2(O)C[C@@H](O)[C@@]2(O)C[C@@H](O)CC[C@]12C. The minimum Gasteiger partial charge on any atom is -0.393 e. The zero-order valence-electron chi connectivity index (χ0n) is 21.2. The number of aliphatic hydroxyl groups excluding tert-OH is 4. The van der Waals surface area contributed by atoms with Crippen LogP contribution in [0.15, 0.2) is 0 Å². The lowest BCUT2D eigenvalue weighted by Gasteiger charge is -2.68. The van der Waals surface area contributed by atoms with Gasteiger partial charge in [0.05, 0.1) is 35.6 Å². The van der Waals surface area contributed by atoms with Gasteiger partial charge in [0.15, 0.2) is 0 Å². The first kappa shape index (κ1) is 25.8. The maximum atomic E-state index is 12.3. The summed E-state index contributed by atoms with van der Waals surface area (Å²) in [7, 11) is 0. The number of fused-ring (bicyclic) bond motifs is 5. The van der Waals surface area contributed by atoms with E-state index in [-0.39, 0.29) is 48.0 Å². The van der Waals surface area contributed by atoms with Gasteiger partial charge >= 0.3 is 0 Å². The van der Waals surface area contributed by atoms with Crippen LogP contribution in [0.25, 0.3) is 0 Å². The van der Waals surface area contributed by atoms with E-state index in [1.807, 2.05) is 20.8 Å². The quantitative estimate of drug-likeness (QED) is 0.369. The Balaban J connectivity index is 1.63. The topological polar surface area (TPSA) is 121 Å². The molecule has 0 heterocycles. The smallest absolute Gasteiger partial charge is 0.0987 e. The standard InChI is InChI=1S/C27H48O6/c1-15(2)19(29)7-6-16(3)18-12-20(30)23-24(18,4)10-9-21-25(5)11-8-17(28)13-27(25,33)22(31)14-26(21,23)32/h15-23,28-33H,6-14H2,1-5H3/t16-,17+,18-,19+,20+,21+,22-,23+,24-,25-,26+,27+/m1/s1. The van der Waals surface area contributed by atoms with E-state index in [0.29, 0.717) is 25.2 Å². The van der Waals surface area contributed by atoms with E-state index in [2.05, 4.69) is 13.8 Å². The predicted molar refractivity (Wildman–Crippen MR) is 126 cm³/mol. The number of aliphatic hydroxyl groups is 6. The minimum atomic E-state index is -1.42. The van der Waals surface area contributed by atoms with Crippen molar-refractivity contribution in [3.63, 3.8) is 0 Å². The first-order chi connectivity index (χ1) is 15.2. The molecule has 0 aliphatic heterocycles. The fraction of sp³-hybridized carbons (Fsp3) is 1.00. The number of rotatable bonds is 5. The Labute approximate surface area is 199 Å². The fourth-order valence-electron chi connectivity index (χ4n) is 9.34. The summed E-state index contributed by atoms with van der Waals surface area (Å²) in [5.41, 5.74) is -3.63. The molecular formula is C27H48O6. The first-order valence-electron chi connectivity index (χ1n) is 13.4. The van der Waals surface area contributed by atoms with Crippen molar-refractivity contribution < 1.29 is 30.6 Å². The zero-order chi connectivity index (χ0) is 24.6. The molecule has 192 valence electrons. The van der Waals surface area contributed by atoms with E-state index in [1.54, 1.807) is 0 Å². The molecule has 0 spiro atoms. The van der Waals surface area contributed by atoms with Crippen LogP contribution in [-0.4, -0.2) is 66.3 Å². The van der Waals surface area contributed by atoms with Crippen LogP contribution in [0.4, 0.5) is 0 Å². The largest absolute Gasteiger partial charge is 0.393 e. The van der Waals surface area contributed by atoms with Gasteiger partial charge in [0.25, 0.3) is 0 Å². The highest BCUT2D eigenvalue weighted by atomic mass is 16.4. The van der Waals surface area contributed by atoms with Crippen LogP contribution < -0.4 is 0 Å². The second-order valence-corrected chi connectivity index (χ2v) is 13.3. The van der Waals surface area contributed by atoms with Crippen molar-refractivity contribution in [2.45, 2.75) is 128 Å². The molecule has 0 aromatic carbocycles. The number of hydrogen-bond donors (Lipinski definition) is 6. The monoisotopic (exact) mass is 468 g/mol. The van der Waals surface area contributed by atoms with Gasteiger partial charge in [-0.05, 0) is 74.0 Å². The molecule has 4 rings (SSSR count). The maximum absolute atomic E-state index is 12.3. The third-order valence-corrected chi connectivity index (χ3v) is 11.3. The maximum Gasteiger partial charge on any atom is 0.0987 e. The van der Waals surface area contributed by atoms with Crippen LogP contribution in [0.1, 0.15) is 92.4 Å². The lowest BCUT2D eigenvalue weighted by Crippen LogP contribution is -2.75. The van der Waals surface area contributed by atoms with Gasteiger partial charge in [-0.25, -0.2) is 0 Å². The third-order valence-electron chi connectivity index (χ3n) is 11.3. The van der Waals surface area contributed by atoms with E-state index in [9.17, 15) is 30.6 Å². The van der Waals surface area contributed by atoms with Gasteiger partial charge in [-0.3, -0.25) is 0 Å². The lowest BCUT2D eigenvalue weighted by molar-refractivity contribution is -0.315. The highest BCUT2D eigenvalue weighted by Crippen LogP contribution is 2.70. The molecule has 6 N–H and O–H groups in total. The second-order valence-electron chi connectivity index (χ2n) is 13.3. The molecule has 4 aliphatic rings. The van der Waals surface area contributed by atoms with Crippen molar-refractivity contribution in [3.05, 3.63) is 0 Å². The van der Waals surface area contributed by atoms with E-state index in [0.717, 1.165) is 25.7 Å². The van der Waals surface area contributed by atoms with Crippen LogP contribution in [0.2, 0.25) is 0 Å². The summed E-state index contributed by atoms with van der Waals surface area (Å²) in [6.45, 7) is 10.5. The molecule has 0 amide bonds. The summed E-state index contributed by atoms with van der Waals surface area (Å²) < 4.78 is 0. The van der Waals surface area contributed by atoms with E-state index >= 15 is 0 Å². The van der Waals surface area contributed by atoms with E-state index in [1.165, 1.54) is 0 Å². The summed E-state index contributed by atoms with van der Waals surface area (Å²) in [6, 6.07) is 0. The second kappa shape index (κ2) is 8.41. The molecule has 4 saturated carbocycles. The van der Waals surface area contributed by atoms with Crippen molar-refractivity contribution in [1.82, 2.24) is 0 Å². The average molecular weight is 469 g/mol. The molecule has 33 heavy (non-hydrogen) atoms.